The molecular weight excluding hydrogens is 692 g/mol. The van der Waals surface area contributed by atoms with Gasteiger partial charge in [0, 0.05) is 13.1 Å². The smallest absolute Gasteiger partial charge is 0.261 e. The molecule has 4 nitrogen and oxygen atoms in total. The zero-order chi connectivity index (χ0) is 30.2. The van der Waals surface area contributed by atoms with Crippen LogP contribution in [0.4, 0.5) is 0 Å². The van der Waals surface area contributed by atoms with E-state index in [4.69, 9.17) is 0 Å². The zero-order valence-electron chi connectivity index (χ0n) is 25.6. The van der Waals surface area contributed by atoms with E-state index in [1.54, 1.807) is 22.7 Å². The molecule has 4 rings (SSSR count). The summed E-state index contributed by atoms with van der Waals surface area (Å²) in [6.07, 6.45) is 13.7. The van der Waals surface area contributed by atoms with E-state index < -0.39 is 0 Å². The topological polar surface area (TPSA) is 40.6 Å². The summed E-state index contributed by atoms with van der Waals surface area (Å²) in [4.78, 5) is 35.1. The Hall–Kier alpha value is -1.22. The third kappa shape index (κ3) is 7.70. The van der Waals surface area contributed by atoms with Gasteiger partial charge in [-0.1, -0.05) is 79.1 Å². The monoisotopic (exact) mass is 736 g/mol. The van der Waals surface area contributed by atoms with E-state index in [2.05, 4.69) is 71.7 Å². The highest BCUT2D eigenvalue weighted by atomic mass is 79.9. The number of rotatable bonds is 18. The highest BCUT2D eigenvalue weighted by Gasteiger charge is 2.50. The lowest BCUT2D eigenvalue weighted by atomic mass is 9.95. The van der Waals surface area contributed by atoms with E-state index in [0.717, 1.165) is 106 Å². The molecule has 0 fully saturated rings. The molecule has 2 aromatic rings. The van der Waals surface area contributed by atoms with Gasteiger partial charge in [-0.2, -0.15) is 0 Å². The first kappa shape index (κ1) is 33.7. The van der Waals surface area contributed by atoms with Crippen molar-refractivity contribution in [2.45, 2.75) is 105 Å². The molecule has 0 aliphatic carbocycles. The van der Waals surface area contributed by atoms with Crippen LogP contribution in [-0.4, -0.2) is 34.7 Å². The van der Waals surface area contributed by atoms with Gasteiger partial charge in [0.05, 0.1) is 39.9 Å². The Kier molecular flexibility index (Phi) is 13.0. The average molecular weight is 739 g/mol. The van der Waals surface area contributed by atoms with Gasteiger partial charge in [0.2, 0.25) is 0 Å². The molecule has 0 atom stereocenters. The lowest BCUT2D eigenvalue weighted by Crippen LogP contribution is -2.34. The van der Waals surface area contributed by atoms with Gasteiger partial charge in [-0.05, 0) is 93.6 Å². The zero-order valence-corrected chi connectivity index (χ0v) is 30.5. The molecule has 0 spiro atoms. The highest BCUT2D eigenvalue weighted by molar-refractivity contribution is 9.11. The van der Waals surface area contributed by atoms with Gasteiger partial charge in [-0.25, -0.2) is 0 Å². The summed E-state index contributed by atoms with van der Waals surface area (Å²) in [5, 5.41) is 0. The Morgan fingerprint density at radius 2 is 0.929 bits per heavy atom. The van der Waals surface area contributed by atoms with Crippen molar-refractivity contribution >= 4 is 77.7 Å². The molecular formula is C34H46Br2N2O2S2. The molecule has 0 N–H and O–H groups in total. The van der Waals surface area contributed by atoms with Crippen LogP contribution in [0, 0.1) is 11.8 Å². The second-order valence-corrected chi connectivity index (χ2v) is 16.7. The minimum atomic E-state index is -0.00319. The molecule has 0 saturated carbocycles. The fourth-order valence-corrected chi connectivity index (χ4v) is 9.17. The number of carbonyl (C=O) groups excluding carboxylic acids is 2. The minimum Gasteiger partial charge on any atom is -0.306 e. The molecule has 2 aromatic heterocycles. The van der Waals surface area contributed by atoms with Crippen molar-refractivity contribution in [2.24, 2.45) is 11.8 Å². The van der Waals surface area contributed by atoms with E-state index in [9.17, 15) is 9.59 Å². The Balaban J connectivity index is 1.83. The summed E-state index contributed by atoms with van der Waals surface area (Å²) in [7, 11) is 0. The fraction of sp³-hybridized carbons (Fsp3) is 0.588. The Labute approximate surface area is 277 Å². The van der Waals surface area contributed by atoms with Crippen molar-refractivity contribution in [1.29, 1.82) is 0 Å². The second kappa shape index (κ2) is 16.2. The number of amides is 2. The molecule has 2 aliphatic rings. The van der Waals surface area contributed by atoms with Crippen molar-refractivity contribution in [2.75, 3.05) is 13.1 Å². The van der Waals surface area contributed by atoms with Gasteiger partial charge in [0.15, 0.2) is 0 Å². The lowest BCUT2D eigenvalue weighted by Gasteiger charge is -2.29. The van der Waals surface area contributed by atoms with Crippen LogP contribution >= 0.6 is 54.5 Å². The number of carbonyl (C=O) groups is 2. The lowest BCUT2D eigenvalue weighted by molar-refractivity contribution is -0.124. The largest absolute Gasteiger partial charge is 0.306 e. The van der Waals surface area contributed by atoms with Crippen LogP contribution in [0.2, 0.25) is 0 Å². The number of fused-ring (bicyclic) bond motifs is 1. The molecule has 0 radical (unpaired) electrons. The van der Waals surface area contributed by atoms with E-state index in [0.29, 0.717) is 36.1 Å². The number of hydrogen-bond acceptors (Lipinski definition) is 4. The van der Waals surface area contributed by atoms with Crippen molar-refractivity contribution in [3.63, 3.8) is 0 Å². The quantitative estimate of drug-likeness (QED) is 0.153. The number of unbranched alkanes of at least 4 members (excludes halogenated alkanes) is 4. The predicted molar refractivity (Wildman–Crippen MR) is 186 cm³/mol. The van der Waals surface area contributed by atoms with Crippen LogP contribution in [-0.2, 0) is 9.59 Å². The Morgan fingerprint density at radius 1 is 0.595 bits per heavy atom. The maximum atomic E-state index is 14.6. The number of nitrogens with zero attached hydrogens (tertiary/aromatic N) is 2. The molecule has 42 heavy (non-hydrogen) atoms. The summed E-state index contributed by atoms with van der Waals surface area (Å²) in [5.41, 5.74) is 2.87. The molecule has 0 unspecified atom stereocenters. The van der Waals surface area contributed by atoms with Gasteiger partial charge in [0.25, 0.3) is 11.8 Å². The first-order chi connectivity index (χ1) is 20.3. The number of halogens is 2. The van der Waals surface area contributed by atoms with Gasteiger partial charge < -0.3 is 9.80 Å². The summed E-state index contributed by atoms with van der Waals surface area (Å²) < 4.78 is 2.01. The van der Waals surface area contributed by atoms with Crippen LogP contribution in [0.1, 0.15) is 114 Å². The third-order valence-electron chi connectivity index (χ3n) is 8.54. The fourth-order valence-electron chi connectivity index (χ4n) is 6.28. The second-order valence-electron chi connectivity index (χ2n) is 11.8. The van der Waals surface area contributed by atoms with Gasteiger partial charge in [-0.3, -0.25) is 9.59 Å². The average Bonchev–Trinajstić information content (AvgIpc) is 3.73. The molecule has 0 aromatic carbocycles. The minimum absolute atomic E-state index is 0.00319. The summed E-state index contributed by atoms with van der Waals surface area (Å²) in [5.74, 6) is 0.837. The van der Waals surface area contributed by atoms with E-state index in [1.807, 2.05) is 21.9 Å². The van der Waals surface area contributed by atoms with Crippen LogP contribution < -0.4 is 0 Å². The Morgan fingerprint density at radius 3 is 1.19 bits per heavy atom. The molecule has 2 aliphatic heterocycles. The van der Waals surface area contributed by atoms with Crippen molar-refractivity contribution < 1.29 is 9.59 Å². The molecule has 8 heteroatoms. The predicted octanol–water partition coefficient (Wildman–Crippen LogP) is 11.1. The van der Waals surface area contributed by atoms with Crippen LogP contribution in [0.5, 0.6) is 0 Å². The van der Waals surface area contributed by atoms with E-state index in [1.165, 1.54) is 0 Å². The molecule has 0 saturated heterocycles. The first-order valence-corrected chi connectivity index (χ1v) is 19.2. The number of hydrogen-bond donors (Lipinski definition) is 0. The van der Waals surface area contributed by atoms with E-state index >= 15 is 0 Å². The summed E-state index contributed by atoms with van der Waals surface area (Å²) in [6.45, 7) is 10.3. The maximum Gasteiger partial charge on any atom is 0.261 e. The van der Waals surface area contributed by atoms with Crippen LogP contribution in [0.15, 0.2) is 43.0 Å². The first-order valence-electron chi connectivity index (χ1n) is 16.0. The van der Waals surface area contributed by atoms with Gasteiger partial charge in [-0.15, -0.1) is 22.7 Å². The van der Waals surface area contributed by atoms with Gasteiger partial charge >= 0.3 is 0 Å². The van der Waals surface area contributed by atoms with Crippen molar-refractivity contribution in [1.82, 2.24) is 9.80 Å². The molecule has 4 heterocycles. The van der Waals surface area contributed by atoms with E-state index in [-0.39, 0.29) is 11.8 Å². The number of thiophene rings is 2. The molecule has 230 valence electrons. The summed E-state index contributed by atoms with van der Waals surface area (Å²) >= 11 is 10.5. The van der Waals surface area contributed by atoms with Crippen LogP contribution in [0.3, 0.4) is 0 Å². The van der Waals surface area contributed by atoms with Crippen LogP contribution in [0.25, 0.3) is 11.4 Å². The van der Waals surface area contributed by atoms with Gasteiger partial charge in [0.1, 0.15) is 0 Å². The normalized spacial score (nSPS) is 15.5. The standard InChI is InChI=1S/C34H46Br2N2O2S2/c1-5-9-13-23(14-10-6-2)21-37-31(25-17-19-27(35)41-25)29-30(33(37)39)32(26-18-20-28(36)42-26)38(34(29)40)22-24(15-11-7-3)16-12-8-4/h17-20,23-24H,5-16,21-22H2,1-4H3. The highest BCUT2D eigenvalue weighted by Crippen LogP contribution is 2.50. The van der Waals surface area contributed by atoms with Crippen molar-refractivity contribution in [3.05, 3.63) is 52.7 Å². The Bertz CT molecular complexity index is 1180. The van der Waals surface area contributed by atoms with Crippen molar-refractivity contribution in [3.8, 4) is 0 Å². The maximum absolute atomic E-state index is 14.6. The SMILES string of the molecule is CCCCC(CCCC)CN1C(=O)C2=C(c3ccc(Br)s3)N(CC(CCCC)CCCC)C(=O)C2=C1c1ccc(Br)s1. The molecule has 2 amide bonds. The summed E-state index contributed by atoms with van der Waals surface area (Å²) in [6, 6.07) is 8.19. The third-order valence-corrected chi connectivity index (χ3v) is 11.8. The molecule has 0 bridgehead atoms.